The minimum Gasteiger partial charge on any atom is -0.497 e. The second kappa shape index (κ2) is 7.06. The first-order chi connectivity index (χ1) is 12.0. The van der Waals surface area contributed by atoms with E-state index in [2.05, 4.69) is 26.2 Å². The molecule has 0 aliphatic rings. The number of benzene rings is 2. The Morgan fingerprint density at radius 3 is 2.60 bits per heavy atom. The van der Waals surface area contributed by atoms with Crippen molar-refractivity contribution in [2.75, 3.05) is 7.11 Å². The minimum atomic E-state index is -0.479. The van der Waals surface area contributed by atoms with Gasteiger partial charge in [0.25, 0.3) is 5.91 Å². The highest BCUT2D eigenvalue weighted by atomic mass is 79.9. The van der Waals surface area contributed by atoms with E-state index < -0.39 is 5.91 Å². The monoisotopic (exact) mass is 401 g/mol. The van der Waals surface area contributed by atoms with Gasteiger partial charge in [0.1, 0.15) is 5.75 Å². The number of carbonyl (C=O) groups is 1. The minimum absolute atomic E-state index is 0.0295. The molecule has 7 heteroatoms. The summed E-state index contributed by atoms with van der Waals surface area (Å²) in [5.74, 6) is 0.127. The summed E-state index contributed by atoms with van der Waals surface area (Å²) in [6, 6.07) is 12.2. The standard InChI is InChI=1S/C18H16BrN3O3/c1-3-22-15-9-8-13(25-2)10-14(15)16(18(22)24)20-21-17(23)11-4-6-12(19)7-5-11/h4-10,24H,3H2,1-2H3. The number of aryl methyl sites for hydroxylation is 1. The van der Waals surface area contributed by atoms with Crippen LogP contribution in [0.25, 0.3) is 10.9 Å². The van der Waals surface area contributed by atoms with Crippen LogP contribution in [0.5, 0.6) is 11.6 Å². The Morgan fingerprint density at radius 2 is 1.96 bits per heavy atom. The molecule has 1 amide bonds. The summed E-state index contributed by atoms with van der Waals surface area (Å²) in [7, 11) is 1.57. The number of halogens is 1. The van der Waals surface area contributed by atoms with Gasteiger partial charge in [-0.2, -0.15) is 0 Å². The molecule has 3 rings (SSSR count). The third-order valence-corrected chi connectivity index (χ3v) is 4.39. The lowest BCUT2D eigenvalue weighted by atomic mass is 10.2. The predicted molar refractivity (Wildman–Crippen MR) is 98.8 cm³/mol. The quantitative estimate of drug-likeness (QED) is 0.620. The van der Waals surface area contributed by atoms with Crippen molar-refractivity contribution in [2.45, 2.75) is 13.5 Å². The summed E-state index contributed by atoms with van der Waals surface area (Å²) in [5.41, 5.74) is 1.47. The van der Waals surface area contributed by atoms with Crippen molar-refractivity contribution < 1.29 is 14.6 Å². The number of rotatable bonds is 4. The summed E-state index contributed by atoms with van der Waals surface area (Å²) < 4.78 is 7.81. The van der Waals surface area contributed by atoms with Gasteiger partial charge in [0, 0.05) is 22.0 Å². The molecule has 0 fully saturated rings. The molecule has 128 valence electrons. The molecular formula is C18H16BrN3O3. The lowest BCUT2D eigenvalue weighted by molar-refractivity contribution is 0.0995. The SMILES string of the molecule is CCn1c(O)c(N=NC(=O)c2ccc(Br)cc2)c2cc(OC)ccc21. The molecule has 0 aliphatic heterocycles. The lowest BCUT2D eigenvalue weighted by Crippen LogP contribution is -1.93. The highest BCUT2D eigenvalue weighted by molar-refractivity contribution is 9.10. The Morgan fingerprint density at radius 1 is 1.24 bits per heavy atom. The van der Waals surface area contributed by atoms with Crippen molar-refractivity contribution in [3.63, 3.8) is 0 Å². The maximum absolute atomic E-state index is 12.2. The number of ether oxygens (including phenoxy) is 1. The molecule has 0 bridgehead atoms. The van der Waals surface area contributed by atoms with Crippen LogP contribution in [0.15, 0.2) is 57.2 Å². The number of aromatic hydroxyl groups is 1. The Kier molecular flexibility index (Phi) is 4.85. The normalized spacial score (nSPS) is 11.3. The van der Waals surface area contributed by atoms with Crippen LogP contribution in [-0.2, 0) is 6.54 Å². The molecule has 0 radical (unpaired) electrons. The Balaban J connectivity index is 2.03. The second-order valence-electron chi connectivity index (χ2n) is 5.31. The molecule has 0 atom stereocenters. The summed E-state index contributed by atoms with van der Waals surface area (Å²) in [6.45, 7) is 2.47. The van der Waals surface area contributed by atoms with E-state index in [1.54, 1.807) is 42.0 Å². The van der Waals surface area contributed by atoms with Gasteiger partial charge in [0.15, 0.2) is 5.69 Å². The van der Waals surface area contributed by atoms with Gasteiger partial charge < -0.3 is 14.4 Å². The Labute approximate surface area is 152 Å². The topological polar surface area (TPSA) is 76.2 Å². The van der Waals surface area contributed by atoms with Gasteiger partial charge in [-0.1, -0.05) is 15.9 Å². The number of nitrogens with zero attached hydrogens (tertiary/aromatic N) is 3. The average molecular weight is 402 g/mol. The molecule has 1 aromatic heterocycles. The summed E-state index contributed by atoms with van der Waals surface area (Å²) in [5, 5.41) is 18.9. The molecule has 2 aromatic carbocycles. The van der Waals surface area contributed by atoms with Gasteiger partial charge >= 0.3 is 0 Å². The highest BCUT2D eigenvalue weighted by Crippen LogP contribution is 2.40. The van der Waals surface area contributed by atoms with Gasteiger partial charge in [0.2, 0.25) is 5.88 Å². The molecule has 1 N–H and O–H groups in total. The highest BCUT2D eigenvalue weighted by Gasteiger charge is 2.17. The van der Waals surface area contributed by atoms with Crippen LogP contribution in [0, 0.1) is 0 Å². The molecule has 0 spiro atoms. The Hall–Kier alpha value is -2.67. The smallest absolute Gasteiger partial charge is 0.295 e. The fourth-order valence-corrected chi connectivity index (χ4v) is 2.86. The number of fused-ring (bicyclic) bond motifs is 1. The molecule has 1 heterocycles. The summed E-state index contributed by atoms with van der Waals surface area (Å²) >= 11 is 3.32. The Bertz CT molecular complexity index is 962. The van der Waals surface area contributed by atoms with Crippen LogP contribution < -0.4 is 4.74 Å². The van der Waals surface area contributed by atoms with E-state index in [1.807, 2.05) is 19.1 Å². The van der Waals surface area contributed by atoms with Gasteiger partial charge in [-0.3, -0.25) is 4.79 Å². The summed E-state index contributed by atoms with van der Waals surface area (Å²) in [4.78, 5) is 12.2. The zero-order valence-corrected chi connectivity index (χ0v) is 15.3. The summed E-state index contributed by atoms with van der Waals surface area (Å²) in [6.07, 6.45) is 0. The molecule has 0 aliphatic carbocycles. The number of methoxy groups -OCH3 is 1. The van der Waals surface area contributed by atoms with Crippen LogP contribution in [0.2, 0.25) is 0 Å². The maximum atomic E-state index is 12.2. The van der Waals surface area contributed by atoms with Gasteiger partial charge in [-0.15, -0.1) is 10.2 Å². The number of carbonyl (C=O) groups excluding carboxylic acids is 1. The van der Waals surface area contributed by atoms with Crippen molar-refractivity contribution in [1.82, 2.24) is 4.57 Å². The van der Waals surface area contributed by atoms with Crippen LogP contribution >= 0.6 is 15.9 Å². The van der Waals surface area contributed by atoms with Crippen LogP contribution in [0.1, 0.15) is 17.3 Å². The van der Waals surface area contributed by atoms with Crippen molar-refractivity contribution in [3.05, 3.63) is 52.5 Å². The van der Waals surface area contributed by atoms with E-state index in [-0.39, 0.29) is 11.6 Å². The average Bonchev–Trinajstić information content (AvgIpc) is 2.90. The van der Waals surface area contributed by atoms with Gasteiger partial charge in [0.05, 0.1) is 12.6 Å². The van der Waals surface area contributed by atoms with E-state index in [9.17, 15) is 9.90 Å². The number of aromatic nitrogens is 1. The third-order valence-electron chi connectivity index (χ3n) is 3.87. The van der Waals surface area contributed by atoms with E-state index >= 15 is 0 Å². The maximum Gasteiger partial charge on any atom is 0.295 e. The van der Waals surface area contributed by atoms with E-state index in [0.29, 0.717) is 23.2 Å². The van der Waals surface area contributed by atoms with Gasteiger partial charge in [-0.25, -0.2) is 0 Å². The molecule has 0 saturated carbocycles. The fraction of sp³-hybridized carbons (Fsp3) is 0.167. The van der Waals surface area contributed by atoms with Crippen LogP contribution in [0.4, 0.5) is 5.69 Å². The van der Waals surface area contributed by atoms with E-state index in [4.69, 9.17) is 4.74 Å². The number of hydrogen-bond donors (Lipinski definition) is 1. The van der Waals surface area contributed by atoms with Crippen LogP contribution in [-0.4, -0.2) is 22.7 Å². The first kappa shape index (κ1) is 17.2. The second-order valence-corrected chi connectivity index (χ2v) is 6.23. The fourth-order valence-electron chi connectivity index (χ4n) is 2.59. The molecule has 25 heavy (non-hydrogen) atoms. The predicted octanol–water partition coefficient (Wildman–Crippen LogP) is 5.06. The lowest BCUT2D eigenvalue weighted by Gasteiger charge is -2.02. The molecular weight excluding hydrogens is 386 g/mol. The number of amides is 1. The molecule has 6 nitrogen and oxygen atoms in total. The number of hydrogen-bond acceptors (Lipinski definition) is 4. The first-order valence-corrected chi connectivity index (χ1v) is 8.45. The zero-order chi connectivity index (χ0) is 18.0. The zero-order valence-electron chi connectivity index (χ0n) is 13.7. The van der Waals surface area contributed by atoms with E-state index in [1.165, 1.54) is 0 Å². The molecule has 3 aromatic rings. The van der Waals surface area contributed by atoms with Crippen molar-refractivity contribution in [1.29, 1.82) is 0 Å². The first-order valence-electron chi connectivity index (χ1n) is 7.66. The van der Waals surface area contributed by atoms with E-state index in [0.717, 1.165) is 9.99 Å². The van der Waals surface area contributed by atoms with Crippen LogP contribution in [0.3, 0.4) is 0 Å². The molecule has 0 unspecified atom stereocenters. The number of azo groups is 1. The largest absolute Gasteiger partial charge is 0.497 e. The van der Waals surface area contributed by atoms with Crippen molar-refractivity contribution in [3.8, 4) is 11.6 Å². The van der Waals surface area contributed by atoms with Gasteiger partial charge in [-0.05, 0) is 49.4 Å². The van der Waals surface area contributed by atoms with Crippen molar-refractivity contribution >= 4 is 38.4 Å². The van der Waals surface area contributed by atoms with Crippen molar-refractivity contribution in [2.24, 2.45) is 10.2 Å². The third kappa shape index (κ3) is 3.28. The molecule has 0 saturated heterocycles.